The number of rotatable bonds is 4. The maximum atomic E-state index is 11.2. The Kier molecular flexibility index (Phi) is 10.3. The molecule has 0 saturated carbocycles. The van der Waals surface area contributed by atoms with Gasteiger partial charge in [-0.1, -0.05) is 29.8 Å². The van der Waals surface area contributed by atoms with Gasteiger partial charge in [0.15, 0.2) is 4.77 Å². The van der Waals surface area contributed by atoms with E-state index < -0.39 is 0 Å². The molecule has 0 unspecified atom stereocenters. The van der Waals surface area contributed by atoms with E-state index in [4.69, 9.17) is 18.0 Å². The standard InChI is InChI=1S/C14H14N3.C8H11N2O2S.Cu/c1-10-5-3-4-6-14(10)17-16-12-7-8-13(15)11(2)9-12;1-3-9-6(11)5-7(12)10(4-2)8(9)13;/h3-9,15H,1-2H3;5H,3-4H2,1-2H3;/q2*-1;+2. The Labute approximate surface area is 197 Å². The predicted molar refractivity (Wildman–Crippen MR) is 123 cm³/mol. The number of azo groups is 1. The van der Waals surface area contributed by atoms with Crippen LogP contribution in [0.3, 0.4) is 0 Å². The van der Waals surface area contributed by atoms with Crippen molar-refractivity contribution in [2.45, 2.75) is 40.8 Å². The minimum atomic E-state index is -0.317. The van der Waals surface area contributed by atoms with Gasteiger partial charge < -0.3 is 24.5 Å². The van der Waals surface area contributed by atoms with Crippen LogP contribution in [0.2, 0.25) is 0 Å². The number of benzene rings is 2. The maximum absolute atomic E-state index is 11.2. The molecule has 1 radical (unpaired) electrons. The van der Waals surface area contributed by atoms with Crippen molar-refractivity contribution < 1.29 is 17.1 Å². The predicted octanol–water partition coefficient (Wildman–Crippen LogP) is 5.90. The van der Waals surface area contributed by atoms with Crippen LogP contribution in [-0.4, -0.2) is 9.13 Å². The number of nitrogens with zero attached hydrogens (tertiary/aromatic N) is 4. The van der Waals surface area contributed by atoms with E-state index in [0.29, 0.717) is 23.5 Å². The van der Waals surface area contributed by atoms with E-state index in [0.717, 1.165) is 28.6 Å². The van der Waals surface area contributed by atoms with Crippen LogP contribution in [0.1, 0.15) is 25.0 Å². The molecule has 3 rings (SSSR count). The summed E-state index contributed by atoms with van der Waals surface area (Å²) in [5.74, 6) is 0. The summed E-state index contributed by atoms with van der Waals surface area (Å²) in [6.45, 7) is 8.54. The van der Waals surface area contributed by atoms with Crippen molar-refractivity contribution in [1.29, 1.82) is 0 Å². The molecular formula is C22H25CuN5O2S. The van der Waals surface area contributed by atoms with Gasteiger partial charge in [-0.2, -0.15) is 10.2 Å². The van der Waals surface area contributed by atoms with Crippen LogP contribution in [0.5, 0.6) is 0 Å². The van der Waals surface area contributed by atoms with Gasteiger partial charge in [0.2, 0.25) is 0 Å². The van der Waals surface area contributed by atoms with Gasteiger partial charge in [-0.05, 0) is 63.7 Å². The van der Waals surface area contributed by atoms with Crippen LogP contribution in [-0.2, 0) is 30.2 Å². The van der Waals surface area contributed by atoms with Crippen LogP contribution >= 0.6 is 12.2 Å². The van der Waals surface area contributed by atoms with Gasteiger partial charge in [-0.25, -0.2) is 6.07 Å². The summed E-state index contributed by atoms with van der Waals surface area (Å²) >= 11 is 4.99. The molecule has 9 heteroatoms. The summed E-state index contributed by atoms with van der Waals surface area (Å²) in [5.41, 5.74) is 11.1. The normalized spacial score (nSPS) is 10.3. The molecule has 0 aliphatic heterocycles. The summed E-state index contributed by atoms with van der Waals surface area (Å²) in [4.78, 5) is 22.5. The first kappa shape index (κ1) is 26.3. The molecule has 0 bridgehead atoms. The van der Waals surface area contributed by atoms with E-state index in [9.17, 15) is 9.59 Å². The summed E-state index contributed by atoms with van der Waals surface area (Å²) in [5, 5.41) is 8.39. The van der Waals surface area contributed by atoms with Gasteiger partial charge in [0.1, 0.15) is 0 Å². The molecule has 31 heavy (non-hydrogen) atoms. The first-order chi connectivity index (χ1) is 14.3. The summed E-state index contributed by atoms with van der Waals surface area (Å²) in [6.07, 6.45) is 0. The van der Waals surface area contributed by atoms with Gasteiger partial charge in [0.05, 0.1) is 22.5 Å². The SMILES string of the molecule is CCn1c(=O)[cH-]c(=O)n(CC)c1=S.Cc1cc(N=Nc2ccccc2C)ccc1[NH-].[Cu+2]. The number of aryl methyl sites for hydroxylation is 2. The number of hydrogen-bond acceptors (Lipinski definition) is 5. The molecule has 2 aromatic carbocycles. The fourth-order valence-electron chi connectivity index (χ4n) is 2.68. The minimum Gasteiger partial charge on any atom is -0.699 e. The molecule has 167 valence electrons. The van der Waals surface area contributed by atoms with Crippen LogP contribution in [0.4, 0.5) is 17.1 Å². The van der Waals surface area contributed by atoms with Crippen molar-refractivity contribution in [2.75, 3.05) is 0 Å². The second kappa shape index (κ2) is 12.2. The quantitative estimate of drug-likeness (QED) is 0.199. The van der Waals surface area contributed by atoms with Crippen LogP contribution in [0, 0.1) is 18.6 Å². The van der Waals surface area contributed by atoms with Crippen molar-refractivity contribution in [3.63, 3.8) is 0 Å². The van der Waals surface area contributed by atoms with E-state index >= 15 is 0 Å². The third-order valence-electron chi connectivity index (χ3n) is 4.47. The third-order valence-corrected chi connectivity index (χ3v) is 4.91. The Morgan fingerprint density at radius 3 is 2.03 bits per heavy atom. The zero-order valence-electron chi connectivity index (χ0n) is 17.8. The Balaban J connectivity index is 0.000000311. The average Bonchev–Trinajstić information content (AvgIpc) is 2.71. The van der Waals surface area contributed by atoms with Crippen molar-refractivity contribution >= 4 is 29.3 Å². The van der Waals surface area contributed by atoms with Gasteiger partial charge >= 0.3 is 17.1 Å². The summed E-state index contributed by atoms with van der Waals surface area (Å²) < 4.78 is 3.11. The zero-order valence-corrected chi connectivity index (χ0v) is 19.6. The topological polar surface area (TPSA) is 92.5 Å². The van der Waals surface area contributed by atoms with E-state index in [1.54, 1.807) is 12.1 Å². The number of nitrogens with one attached hydrogen (secondary N) is 1. The Morgan fingerprint density at radius 1 is 0.935 bits per heavy atom. The van der Waals surface area contributed by atoms with Crippen molar-refractivity contribution in [1.82, 2.24) is 9.13 Å². The Hall–Kier alpha value is -2.74. The van der Waals surface area contributed by atoms with E-state index in [-0.39, 0.29) is 28.2 Å². The summed E-state index contributed by atoms with van der Waals surface area (Å²) in [7, 11) is 0. The molecule has 1 heterocycles. The average molecular weight is 487 g/mol. The van der Waals surface area contributed by atoms with E-state index in [2.05, 4.69) is 10.2 Å². The molecule has 0 atom stereocenters. The van der Waals surface area contributed by atoms with Crippen molar-refractivity contribution in [2.24, 2.45) is 10.2 Å². The van der Waals surface area contributed by atoms with Crippen molar-refractivity contribution in [3.05, 3.63) is 90.9 Å². The molecule has 0 aliphatic rings. The molecule has 1 aromatic heterocycles. The molecule has 0 amide bonds. The molecule has 3 aromatic rings. The largest absolute Gasteiger partial charge is 2.00 e. The molecule has 0 fully saturated rings. The Bertz CT molecular complexity index is 1190. The maximum Gasteiger partial charge on any atom is 2.00 e. The first-order valence-electron chi connectivity index (χ1n) is 9.59. The van der Waals surface area contributed by atoms with Crippen molar-refractivity contribution in [3.8, 4) is 0 Å². The molecule has 0 saturated heterocycles. The van der Waals surface area contributed by atoms with E-state index in [1.165, 1.54) is 9.13 Å². The van der Waals surface area contributed by atoms with Crippen LogP contribution < -0.4 is 11.1 Å². The first-order valence-corrected chi connectivity index (χ1v) is 10.0. The fourth-order valence-corrected chi connectivity index (χ4v) is 3.11. The Morgan fingerprint density at radius 2 is 1.52 bits per heavy atom. The molecular weight excluding hydrogens is 462 g/mol. The minimum absolute atomic E-state index is 0. The molecule has 0 aliphatic carbocycles. The molecule has 0 spiro atoms. The fraction of sp³-hybridized carbons (Fsp3) is 0.273. The second-order valence-corrected chi connectivity index (χ2v) is 6.94. The number of hydrogen-bond donors (Lipinski definition) is 0. The van der Waals surface area contributed by atoms with Gasteiger partial charge in [-0.3, -0.25) is 0 Å². The summed E-state index contributed by atoms with van der Waals surface area (Å²) in [6, 6.07) is 14.3. The third kappa shape index (κ3) is 6.89. The zero-order chi connectivity index (χ0) is 22.3. The molecule has 7 nitrogen and oxygen atoms in total. The monoisotopic (exact) mass is 486 g/mol. The van der Waals surface area contributed by atoms with Crippen LogP contribution in [0.15, 0.2) is 68.3 Å². The smallest absolute Gasteiger partial charge is 0.699 e. The van der Waals surface area contributed by atoms with E-state index in [1.807, 2.05) is 58.0 Å². The number of aromatic nitrogens is 2. The second-order valence-electron chi connectivity index (χ2n) is 6.58. The van der Waals surface area contributed by atoms with Crippen LogP contribution in [0.25, 0.3) is 5.73 Å². The van der Waals surface area contributed by atoms with Gasteiger partial charge in [-0.15, -0.1) is 5.69 Å². The van der Waals surface area contributed by atoms with Gasteiger partial charge in [0, 0.05) is 13.1 Å². The molecule has 1 N–H and O–H groups in total. The van der Waals surface area contributed by atoms with Gasteiger partial charge in [0.25, 0.3) is 0 Å².